The number of carbonyl (C=O) groups excluding carboxylic acids is 1. The Morgan fingerprint density at radius 1 is 1.12 bits per heavy atom. The summed E-state index contributed by atoms with van der Waals surface area (Å²) in [6.07, 6.45) is -5.40. The Labute approximate surface area is 141 Å². The normalized spacial score (nSPS) is 10.6. The quantitative estimate of drug-likeness (QED) is 0.667. The van der Waals surface area contributed by atoms with Gasteiger partial charge in [-0.25, -0.2) is 9.18 Å². The van der Waals surface area contributed by atoms with Crippen LogP contribution in [0, 0.1) is 17.7 Å². The van der Waals surface area contributed by atoms with Crippen molar-refractivity contribution in [3.8, 4) is 11.8 Å². The van der Waals surface area contributed by atoms with E-state index < -0.39 is 29.2 Å². The standard InChI is InChI=1S/C18H13F4NO2/c19-15-8-9-16(18(20,21)22)14(11-15)7-4-10-23-17(24)25-12-13-5-2-1-3-6-13/h1-3,5-6,8-9,11H,10,12H2,(H,23,24). The molecular formula is C18H13F4NO2. The molecule has 0 aromatic heterocycles. The van der Waals surface area contributed by atoms with E-state index in [0.717, 1.165) is 5.56 Å². The average molecular weight is 351 g/mol. The molecule has 1 amide bonds. The van der Waals surface area contributed by atoms with Gasteiger partial charge in [-0.1, -0.05) is 42.2 Å². The Bertz CT molecular complexity index is 792. The average Bonchev–Trinajstić information content (AvgIpc) is 2.57. The number of hydrogen-bond donors (Lipinski definition) is 1. The lowest BCUT2D eigenvalue weighted by atomic mass is 10.1. The highest BCUT2D eigenvalue weighted by Crippen LogP contribution is 2.31. The summed E-state index contributed by atoms with van der Waals surface area (Å²) in [5, 5.41) is 2.29. The second-order valence-electron chi connectivity index (χ2n) is 4.90. The molecule has 0 bridgehead atoms. The SMILES string of the molecule is O=C(NCC#Cc1cc(F)ccc1C(F)(F)F)OCc1ccccc1. The summed E-state index contributed by atoms with van der Waals surface area (Å²) in [5.41, 5.74) is -0.738. The molecule has 0 aliphatic rings. The minimum Gasteiger partial charge on any atom is -0.445 e. The van der Waals surface area contributed by atoms with Gasteiger partial charge in [0.15, 0.2) is 0 Å². The molecule has 2 aromatic carbocycles. The van der Waals surface area contributed by atoms with E-state index in [0.29, 0.717) is 18.2 Å². The lowest BCUT2D eigenvalue weighted by Gasteiger charge is -2.08. The predicted molar refractivity (Wildman–Crippen MR) is 82.9 cm³/mol. The van der Waals surface area contributed by atoms with Gasteiger partial charge in [-0.3, -0.25) is 0 Å². The van der Waals surface area contributed by atoms with Crippen molar-refractivity contribution in [3.05, 3.63) is 71.0 Å². The molecule has 0 atom stereocenters. The number of hydrogen-bond acceptors (Lipinski definition) is 2. The number of amides is 1. The van der Waals surface area contributed by atoms with Crippen LogP contribution in [0.3, 0.4) is 0 Å². The zero-order valence-corrected chi connectivity index (χ0v) is 12.9. The molecule has 0 unspecified atom stereocenters. The maximum absolute atomic E-state index is 13.1. The lowest BCUT2D eigenvalue weighted by molar-refractivity contribution is -0.137. The summed E-state index contributed by atoms with van der Waals surface area (Å²) in [6, 6.07) is 11.0. The van der Waals surface area contributed by atoms with Gasteiger partial charge in [0.2, 0.25) is 0 Å². The summed E-state index contributed by atoms with van der Waals surface area (Å²) in [6.45, 7) is -0.177. The van der Waals surface area contributed by atoms with Crippen molar-refractivity contribution in [2.24, 2.45) is 0 Å². The number of alkyl halides is 3. The van der Waals surface area contributed by atoms with Gasteiger partial charge in [0.1, 0.15) is 12.4 Å². The van der Waals surface area contributed by atoms with Crippen LogP contribution < -0.4 is 5.32 Å². The Kier molecular flexibility index (Phi) is 6.01. The van der Waals surface area contributed by atoms with E-state index in [-0.39, 0.29) is 13.2 Å². The molecule has 0 radical (unpaired) electrons. The minimum atomic E-state index is -4.64. The number of rotatable bonds is 3. The van der Waals surface area contributed by atoms with Crippen molar-refractivity contribution < 1.29 is 27.1 Å². The van der Waals surface area contributed by atoms with E-state index in [2.05, 4.69) is 17.2 Å². The van der Waals surface area contributed by atoms with E-state index in [1.165, 1.54) is 0 Å². The first-order valence-electron chi connectivity index (χ1n) is 7.16. The van der Waals surface area contributed by atoms with E-state index in [4.69, 9.17) is 4.74 Å². The zero-order chi connectivity index (χ0) is 18.3. The van der Waals surface area contributed by atoms with Crippen molar-refractivity contribution in [2.75, 3.05) is 6.54 Å². The lowest BCUT2D eigenvalue weighted by Crippen LogP contribution is -2.24. The Hall–Kier alpha value is -3.01. The molecule has 1 N–H and O–H groups in total. The smallest absolute Gasteiger partial charge is 0.417 e. The van der Waals surface area contributed by atoms with E-state index in [1.807, 2.05) is 6.07 Å². The van der Waals surface area contributed by atoms with Crippen molar-refractivity contribution in [2.45, 2.75) is 12.8 Å². The van der Waals surface area contributed by atoms with Crippen LogP contribution in [0.1, 0.15) is 16.7 Å². The summed E-state index contributed by atoms with van der Waals surface area (Å²) in [4.78, 5) is 11.5. The van der Waals surface area contributed by atoms with E-state index in [1.54, 1.807) is 24.3 Å². The number of ether oxygens (including phenoxy) is 1. The molecule has 0 spiro atoms. The highest BCUT2D eigenvalue weighted by atomic mass is 19.4. The molecule has 25 heavy (non-hydrogen) atoms. The van der Waals surface area contributed by atoms with Crippen LogP contribution in [-0.4, -0.2) is 12.6 Å². The Balaban J connectivity index is 1.90. The molecular weight excluding hydrogens is 338 g/mol. The molecule has 0 saturated heterocycles. The van der Waals surface area contributed by atoms with Crippen molar-refractivity contribution in [1.29, 1.82) is 0 Å². The summed E-state index contributed by atoms with van der Waals surface area (Å²) in [7, 11) is 0. The second kappa shape index (κ2) is 8.20. The number of halogens is 4. The first-order chi connectivity index (χ1) is 11.9. The molecule has 0 heterocycles. The van der Waals surface area contributed by atoms with E-state index in [9.17, 15) is 22.4 Å². The molecule has 2 aromatic rings. The fraction of sp³-hybridized carbons (Fsp3) is 0.167. The largest absolute Gasteiger partial charge is 0.445 e. The van der Waals surface area contributed by atoms with Crippen LogP contribution in [0.15, 0.2) is 48.5 Å². The van der Waals surface area contributed by atoms with Crippen LogP contribution in [0.2, 0.25) is 0 Å². The van der Waals surface area contributed by atoms with Crippen molar-refractivity contribution in [1.82, 2.24) is 5.32 Å². The summed E-state index contributed by atoms with van der Waals surface area (Å²) in [5.74, 6) is 3.73. The molecule has 7 heteroatoms. The number of nitrogens with one attached hydrogen (secondary N) is 1. The molecule has 130 valence electrons. The van der Waals surface area contributed by atoms with E-state index >= 15 is 0 Å². The van der Waals surface area contributed by atoms with Crippen LogP contribution in [0.25, 0.3) is 0 Å². The number of carbonyl (C=O) groups is 1. The molecule has 0 saturated carbocycles. The Morgan fingerprint density at radius 3 is 2.52 bits per heavy atom. The monoisotopic (exact) mass is 351 g/mol. The van der Waals surface area contributed by atoms with Gasteiger partial charge < -0.3 is 10.1 Å². The molecule has 3 nitrogen and oxygen atoms in total. The third-order valence-corrected chi connectivity index (χ3v) is 3.04. The highest BCUT2D eigenvalue weighted by molar-refractivity contribution is 5.67. The first-order valence-corrected chi connectivity index (χ1v) is 7.16. The van der Waals surface area contributed by atoms with Crippen LogP contribution in [-0.2, 0) is 17.5 Å². The first kappa shape index (κ1) is 18.3. The third-order valence-electron chi connectivity index (χ3n) is 3.04. The van der Waals surface area contributed by atoms with Crippen LogP contribution in [0.4, 0.5) is 22.4 Å². The van der Waals surface area contributed by atoms with Gasteiger partial charge in [0, 0.05) is 5.56 Å². The molecule has 2 rings (SSSR count). The number of benzene rings is 2. The van der Waals surface area contributed by atoms with Gasteiger partial charge in [0.25, 0.3) is 0 Å². The highest BCUT2D eigenvalue weighted by Gasteiger charge is 2.33. The van der Waals surface area contributed by atoms with Gasteiger partial charge >= 0.3 is 12.3 Å². The topological polar surface area (TPSA) is 38.3 Å². The van der Waals surface area contributed by atoms with Gasteiger partial charge in [-0.15, -0.1) is 0 Å². The molecule has 0 fully saturated rings. The fourth-order valence-corrected chi connectivity index (χ4v) is 1.90. The predicted octanol–water partition coefficient (Wildman–Crippen LogP) is 4.12. The number of alkyl carbamates (subject to hydrolysis) is 1. The minimum absolute atomic E-state index is 0.0578. The van der Waals surface area contributed by atoms with Crippen molar-refractivity contribution in [3.63, 3.8) is 0 Å². The summed E-state index contributed by atoms with van der Waals surface area (Å²) >= 11 is 0. The molecule has 0 aliphatic heterocycles. The Morgan fingerprint density at radius 2 is 1.84 bits per heavy atom. The third kappa shape index (κ3) is 5.84. The fourth-order valence-electron chi connectivity index (χ4n) is 1.90. The maximum atomic E-state index is 13.1. The maximum Gasteiger partial charge on any atom is 0.417 e. The van der Waals surface area contributed by atoms with Crippen molar-refractivity contribution >= 4 is 6.09 Å². The summed E-state index contributed by atoms with van der Waals surface area (Å²) < 4.78 is 56.4. The zero-order valence-electron chi connectivity index (χ0n) is 12.9. The molecule has 0 aliphatic carbocycles. The van der Waals surface area contributed by atoms with Gasteiger partial charge in [0.05, 0.1) is 12.1 Å². The van der Waals surface area contributed by atoms with Gasteiger partial charge in [-0.05, 0) is 23.8 Å². The van der Waals surface area contributed by atoms with Crippen LogP contribution in [0.5, 0.6) is 0 Å². The second-order valence-corrected chi connectivity index (χ2v) is 4.90. The van der Waals surface area contributed by atoms with Gasteiger partial charge in [-0.2, -0.15) is 13.2 Å². The van der Waals surface area contributed by atoms with Crippen LogP contribution >= 0.6 is 0 Å².